The normalized spacial score (nSPS) is 10.7. The first kappa shape index (κ1) is 17.5. The van der Waals surface area contributed by atoms with Crippen LogP contribution in [0, 0.1) is 6.92 Å². The number of carboxylic acid groups (broad SMARTS) is 1. The maximum absolute atomic E-state index is 12.2. The monoisotopic (exact) mass is 324 g/mol. The Morgan fingerprint density at radius 3 is 2.54 bits per heavy atom. The van der Waals surface area contributed by atoms with Crippen molar-refractivity contribution in [2.24, 2.45) is 0 Å². The van der Waals surface area contributed by atoms with E-state index >= 15 is 0 Å². The number of aryl methyl sites for hydroxylation is 1. The third-order valence-electron chi connectivity index (χ3n) is 3.41. The third-order valence-corrected chi connectivity index (χ3v) is 3.41. The Labute approximate surface area is 141 Å². The Morgan fingerprint density at radius 1 is 1.12 bits per heavy atom. The number of benzene rings is 2. The number of hydrogen-bond acceptors (Lipinski definition) is 3. The van der Waals surface area contributed by atoms with Gasteiger partial charge < -0.3 is 9.84 Å². The van der Waals surface area contributed by atoms with Gasteiger partial charge in [-0.15, -0.1) is 0 Å². The number of carboxylic acids is 1. The molecule has 0 aromatic heterocycles. The van der Waals surface area contributed by atoms with Gasteiger partial charge in [0, 0.05) is 12.0 Å². The molecule has 2 aromatic rings. The Kier molecular flexibility index (Phi) is 6.32. The van der Waals surface area contributed by atoms with Crippen LogP contribution in [0.25, 0.3) is 6.08 Å². The van der Waals surface area contributed by atoms with Crippen LogP contribution in [-0.2, 0) is 4.79 Å². The zero-order valence-electron chi connectivity index (χ0n) is 13.6. The molecule has 0 heterocycles. The maximum Gasteiger partial charge on any atom is 0.303 e. The van der Waals surface area contributed by atoms with Gasteiger partial charge in [-0.05, 0) is 49.2 Å². The molecule has 0 fully saturated rings. The molecule has 0 aliphatic rings. The largest absolute Gasteiger partial charge is 0.494 e. The molecule has 24 heavy (non-hydrogen) atoms. The van der Waals surface area contributed by atoms with Gasteiger partial charge in [0.1, 0.15) is 5.75 Å². The van der Waals surface area contributed by atoms with E-state index in [1.807, 2.05) is 31.2 Å². The molecule has 0 bridgehead atoms. The summed E-state index contributed by atoms with van der Waals surface area (Å²) in [7, 11) is 0. The first-order chi connectivity index (χ1) is 11.5. The standard InChI is InChI=1S/C20H20O4/c1-15-4-2-5-16(14-15)7-12-19(21)17-8-10-18(11-9-17)24-13-3-6-20(22)23/h2,4-5,7-12,14H,3,6,13H2,1H3,(H,22,23)/b12-7+. The van der Waals surface area contributed by atoms with Crippen molar-refractivity contribution in [2.45, 2.75) is 19.8 Å². The van der Waals surface area contributed by atoms with Gasteiger partial charge in [0.05, 0.1) is 6.61 Å². The van der Waals surface area contributed by atoms with Crippen LogP contribution in [-0.4, -0.2) is 23.5 Å². The second-order valence-electron chi connectivity index (χ2n) is 5.48. The van der Waals surface area contributed by atoms with E-state index in [2.05, 4.69) is 0 Å². The Hall–Kier alpha value is -2.88. The predicted octanol–water partition coefficient (Wildman–Crippen LogP) is 4.13. The summed E-state index contributed by atoms with van der Waals surface area (Å²) in [4.78, 5) is 22.6. The lowest BCUT2D eigenvalue weighted by atomic mass is 10.1. The van der Waals surface area contributed by atoms with Gasteiger partial charge in [-0.2, -0.15) is 0 Å². The van der Waals surface area contributed by atoms with Crippen LogP contribution in [0.4, 0.5) is 0 Å². The Balaban J connectivity index is 1.90. The highest BCUT2D eigenvalue weighted by Crippen LogP contribution is 2.14. The molecule has 0 saturated heterocycles. The summed E-state index contributed by atoms with van der Waals surface area (Å²) in [6.07, 6.45) is 3.89. The third kappa shape index (κ3) is 5.72. The molecular formula is C20H20O4. The molecule has 0 radical (unpaired) electrons. The minimum Gasteiger partial charge on any atom is -0.494 e. The number of rotatable bonds is 8. The van der Waals surface area contributed by atoms with E-state index in [0.29, 0.717) is 24.3 Å². The zero-order valence-corrected chi connectivity index (χ0v) is 13.6. The fourth-order valence-corrected chi connectivity index (χ4v) is 2.17. The first-order valence-electron chi connectivity index (χ1n) is 7.78. The van der Waals surface area contributed by atoms with Gasteiger partial charge >= 0.3 is 5.97 Å². The van der Waals surface area contributed by atoms with Crippen molar-refractivity contribution in [3.63, 3.8) is 0 Å². The molecule has 0 unspecified atom stereocenters. The van der Waals surface area contributed by atoms with Gasteiger partial charge in [-0.25, -0.2) is 0 Å². The number of hydrogen-bond donors (Lipinski definition) is 1. The van der Waals surface area contributed by atoms with Crippen LogP contribution in [0.5, 0.6) is 5.75 Å². The number of carbonyl (C=O) groups excluding carboxylic acids is 1. The lowest BCUT2D eigenvalue weighted by Gasteiger charge is -2.05. The zero-order chi connectivity index (χ0) is 17.4. The lowest BCUT2D eigenvalue weighted by molar-refractivity contribution is -0.137. The first-order valence-corrected chi connectivity index (χ1v) is 7.78. The average molecular weight is 324 g/mol. The van der Waals surface area contributed by atoms with E-state index in [9.17, 15) is 9.59 Å². The van der Waals surface area contributed by atoms with Crippen LogP contribution < -0.4 is 4.74 Å². The molecule has 2 aromatic carbocycles. The summed E-state index contributed by atoms with van der Waals surface area (Å²) in [6, 6.07) is 14.8. The molecule has 124 valence electrons. The highest BCUT2D eigenvalue weighted by molar-refractivity contribution is 6.06. The predicted molar refractivity (Wildman–Crippen MR) is 93.4 cm³/mol. The van der Waals surface area contributed by atoms with Crippen molar-refractivity contribution in [2.75, 3.05) is 6.61 Å². The van der Waals surface area contributed by atoms with Gasteiger partial charge in [-0.3, -0.25) is 9.59 Å². The summed E-state index contributed by atoms with van der Waals surface area (Å²) in [5.74, 6) is -0.284. The Morgan fingerprint density at radius 2 is 1.88 bits per heavy atom. The molecule has 1 N–H and O–H groups in total. The fourth-order valence-electron chi connectivity index (χ4n) is 2.17. The molecule has 0 aliphatic carbocycles. The minimum absolute atomic E-state index is 0.0751. The topological polar surface area (TPSA) is 63.6 Å². The molecule has 0 amide bonds. The van der Waals surface area contributed by atoms with E-state index in [4.69, 9.17) is 9.84 Å². The number of ketones is 1. The van der Waals surface area contributed by atoms with Crippen molar-refractivity contribution in [3.05, 3.63) is 71.3 Å². The molecule has 0 spiro atoms. The smallest absolute Gasteiger partial charge is 0.303 e. The molecule has 4 nitrogen and oxygen atoms in total. The van der Waals surface area contributed by atoms with E-state index in [1.54, 1.807) is 36.4 Å². The van der Waals surface area contributed by atoms with Crippen LogP contribution in [0.1, 0.15) is 34.3 Å². The number of ether oxygens (including phenoxy) is 1. The highest BCUT2D eigenvalue weighted by atomic mass is 16.5. The number of carbonyl (C=O) groups is 2. The second kappa shape index (κ2) is 8.67. The molecule has 4 heteroatoms. The van der Waals surface area contributed by atoms with Crippen LogP contribution in [0.15, 0.2) is 54.6 Å². The van der Waals surface area contributed by atoms with Gasteiger partial charge in [-0.1, -0.05) is 35.9 Å². The van der Waals surface area contributed by atoms with Crippen molar-refractivity contribution < 1.29 is 19.4 Å². The number of allylic oxidation sites excluding steroid dienone is 1. The summed E-state index contributed by atoms with van der Waals surface area (Å²) in [5, 5.41) is 8.56. The van der Waals surface area contributed by atoms with Crippen LogP contribution >= 0.6 is 0 Å². The van der Waals surface area contributed by atoms with Crippen molar-refractivity contribution in [1.82, 2.24) is 0 Å². The average Bonchev–Trinajstić information content (AvgIpc) is 2.57. The van der Waals surface area contributed by atoms with Crippen molar-refractivity contribution in [3.8, 4) is 5.75 Å². The summed E-state index contributed by atoms with van der Waals surface area (Å²) in [5.41, 5.74) is 2.72. The van der Waals surface area contributed by atoms with E-state index < -0.39 is 5.97 Å². The van der Waals surface area contributed by atoms with Gasteiger partial charge in [0.2, 0.25) is 0 Å². The second-order valence-corrected chi connectivity index (χ2v) is 5.48. The van der Waals surface area contributed by atoms with Gasteiger partial charge in [0.15, 0.2) is 5.78 Å². The number of aliphatic carboxylic acids is 1. The van der Waals surface area contributed by atoms with Crippen molar-refractivity contribution in [1.29, 1.82) is 0 Å². The lowest BCUT2D eigenvalue weighted by Crippen LogP contribution is -2.02. The van der Waals surface area contributed by atoms with Crippen molar-refractivity contribution >= 4 is 17.8 Å². The SMILES string of the molecule is Cc1cccc(/C=C/C(=O)c2ccc(OCCCC(=O)O)cc2)c1. The molecule has 0 saturated carbocycles. The van der Waals surface area contributed by atoms with Gasteiger partial charge in [0.25, 0.3) is 0 Å². The molecule has 0 aliphatic heterocycles. The summed E-state index contributed by atoms with van der Waals surface area (Å²) >= 11 is 0. The summed E-state index contributed by atoms with van der Waals surface area (Å²) < 4.78 is 5.44. The molecule has 0 atom stereocenters. The van der Waals surface area contributed by atoms with E-state index in [0.717, 1.165) is 11.1 Å². The summed E-state index contributed by atoms with van der Waals surface area (Å²) in [6.45, 7) is 2.35. The molecule has 2 rings (SSSR count). The van der Waals surface area contributed by atoms with Crippen LogP contribution in [0.2, 0.25) is 0 Å². The minimum atomic E-state index is -0.833. The maximum atomic E-state index is 12.2. The van der Waals surface area contributed by atoms with Crippen LogP contribution in [0.3, 0.4) is 0 Å². The van der Waals surface area contributed by atoms with E-state index in [1.165, 1.54) is 0 Å². The fraction of sp³-hybridized carbons (Fsp3) is 0.200. The quantitative estimate of drug-likeness (QED) is 0.450. The van der Waals surface area contributed by atoms with E-state index in [-0.39, 0.29) is 12.2 Å². The molecular weight excluding hydrogens is 304 g/mol. The highest BCUT2D eigenvalue weighted by Gasteiger charge is 2.03. The Bertz CT molecular complexity index is 730.